The van der Waals surface area contributed by atoms with Crippen LogP contribution in [0.4, 0.5) is 0 Å². The Kier molecular flexibility index (Phi) is 6.38. The van der Waals surface area contributed by atoms with Gasteiger partial charge in [0, 0.05) is 15.2 Å². The number of rotatable bonds is 2. The summed E-state index contributed by atoms with van der Waals surface area (Å²) in [6.07, 6.45) is 1.01. The molecule has 5 heteroatoms. The van der Waals surface area contributed by atoms with Crippen LogP contribution in [0.1, 0.15) is 23.7 Å². The first-order valence-electron chi connectivity index (χ1n) is 5.94. The Morgan fingerprint density at radius 2 is 2.06 bits per heavy atom. The zero-order valence-electron chi connectivity index (χ0n) is 10.3. The van der Waals surface area contributed by atoms with Crippen molar-refractivity contribution in [3.63, 3.8) is 0 Å². The number of halogens is 2. The molecule has 1 aliphatic heterocycles. The van der Waals surface area contributed by atoms with Crippen LogP contribution in [0.5, 0.6) is 0 Å². The summed E-state index contributed by atoms with van der Waals surface area (Å²) in [7, 11) is 0. The van der Waals surface area contributed by atoms with Crippen LogP contribution in [0, 0.1) is 9.49 Å². The van der Waals surface area contributed by atoms with Gasteiger partial charge >= 0.3 is 0 Å². The average Bonchev–Trinajstić information content (AvgIpc) is 2.33. The Morgan fingerprint density at radius 3 is 2.67 bits per heavy atom. The molecule has 1 saturated heterocycles. The molecule has 1 heterocycles. The van der Waals surface area contributed by atoms with Crippen LogP contribution in [0.2, 0.25) is 0 Å². The molecule has 2 unspecified atom stereocenters. The van der Waals surface area contributed by atoms with Crippen molar-refractivity contribution < 1.29 is 4.79 Å². The number of carbonyl (C=O) groups excluding carboxylic acids is 1. The molecule has 2 atom stereocenters. The third-order valence-electron chi connectivity index (χ3n) is 3.21. The molecule has 3 nitrogen and oxygen atoms in total. The number of hydrogen-bond acceptors (Lipinski definition) is 2. The van der Waals surface area contributed by atoms with E-state index in [9.17, 15) is 4.79 Å². The summed E-state index contributed by atoms with van der Waals surface area (Å²) in [6, 6.07) is 7.97. The van der Waals surface area contributed by atoms with Crippen molar-refractivity contribution in [1.29, 1.82) is 0 Å². The van der Waals surface area contributed by atoms with Gasteiger partial charge in [-0.1, -0.05) is 6.92 Å². The number of benzene rings is 1. The van der Waals surface area contributed by atoms with Crippen LogP contribution in [0.3, 0.4) is 0 Å². The largest absolute Gasteiger partial charge is 0.349 e. The van der Waals surface area contributed by atoms with Crippen LogP contribution in [0.25, 0.3) is 0 Å². The topological polar surface area (TPSA) is 41.1 Å². The summed E-state index contributed by atoms with van der Waals surface area (Å²) in [5.74, 6) is 0.539. The maximum absolute atomic E-state index is 12.0. The Labute approximate surface area is 128 Å². The first-order valence-corrected chi connectivity index (χ1v) is 7.02. The molecule has 1 aromatic rings. The standard InChI is InChI=1S/C13H17IN2O.ClH/c1-9-8-15-7-6-12(9)16-13(17)10-2-4-11(14)5-3-10;/h2-5,9,12,15H,6-8H2,1H3,(H,16,17);1H. The van der Waals surface area contributed by atoms with E-state index in [2.05, 4.69) is 40.1 Å². The molecular weight excluding hydrogens is 363 g/mol. The molecule has 0 aliphatic carbocycles. The normalized spacial score (nSPS) is 23.0. The second-order valence-corrected chi connectivity index (χ2v) is 5.80. The fourth-order valence-electron chi connectivity index (χ4n) is 2.08. The van der Waals surface area contributed by atoms with Gasteiger partial charge in [0.25, 0.3) is 5.91 Å². The summed E-state index contributed by atoms with van der Waals surface area (Å²) < 4.78 is 1.15. The van der Waals surface area contributed by atoms with Crippen molar-refractivity contribution in [3.8, 4) is 0 Å². The summed E-state index contributed by atoms with van der Waals surface area (Å²) in [5, 5.41) is 6.46. The van der Waals surface area contributed by atoms with E-state index >= 15 is 0 Å². The van der Waals surface area contributed by atoms with Crippen LogP contribution in [0.15, 0.2) is 24.3 Å². The molecule has 100 valence electrons. The van der Waals surface area contributed by atoms with Crippen molar-refractivity contribution >= 4 is 40.9 Å². The maximum Gasteiger partial charge on any atom is 0.251 e. The van der Waals surface area contributed by atoms with Gasteiger partial charge in [-0.05, 0) is 72.3 Å². The molecule has 1 aliphatic rings. The van der Waals surface area contributed by atoms with Gasteiger partial charge in [0.05, 0.1) is 0 Å². The third-order valence-corrected chi connectivity index (χ3v) is 3.93. The van der Waals surface area contributed by atoms with E-state index < -0.39 is 0 Å². The van der Waals surface area contributed by atoms with Gasteiger partial charge < -0.3 is 10.6 Å². The smallest absolute Gasteiger partial charge is 0.251 e. The monoisotopic (exact) mass is 380 g/mol. The SMILES string of the molecule is CC1CNCCC1NC(=O)c1ccc(I)cc1.Cl. The minimum atomic E-state index is 0. The highest BCUT2D eigenvalue weighted by Crippen LogP contribution is 2.12. The van der Waals surface area contributed by atoms with Crippen LogP contribution in [-0.2, 0) is 0 Å². The highest BCUT2D eigenvalue weighted by molar-refractivity contribution is 14.1. The minimum absolute atomic E-state index is 0. The van der Waals surface area contributed by atoms with Crippen molar-refractivity contribution in [2.45, 2.75) is 19.4 Å². The number of hydrogen-bond donors (Lipinski definition) is 2. The van der Waals surface area contributed by atoms with Gasteiger partial charge in [0.2, 0.25) is 0 Å². The lowest BCUT2D eigenvalue weighted by Gasteiger charge is -2.30. The molecule has 18 heavy (non-hydrogen) atoms. The average molecular weight is 381 g/mol. The van der Waals surface area contributed by atoms with Gasteiger partial charge in [0.15, 0.2) is 0 Å². The molecule has 2 rings (SSSR count). The highest BCUT2D eigenvalue weighted by Gasteiger charge is 2.22. The molecule has 1 amide bonds. The molecule has 0 spiro atoms. The lowest BCUT2D eigenvalue weighted by Crippen LogP contribution is -2.48. The number of carbonyl (C=O) groups is 1. The molecule has 0 saturated carbocycles. The van der Waals surface area contributed by atoms with Crippen molar-refractivity contribution in [3.05, 3.63) is 33.4 Å². The van der Waals surface area contributed by atoms with Crippen LogP contribution < -0.4 is 10.6 Å². The Hall–Kier alpha value is -0.330. The van der Waals surface area contributed by atoms with E-state index in [1.165, 1.54) is 0 Å². The molecule has 0 bridgehead atoms. The van der Waals surface area contributed by atoms with Crippen LogP contribution in [-0.4, -0.2) is 25.0 Å². The summed E-state index contributed by atoms with van der Waals surface area (Å²) in [6.45, 7) is 4.14. The third kappa shape index (κ3) is 4.10. The Bertz CT molecular complexity index is 396. The van der Waals surface area contributed by atoms with Crippen molar-refractivity contribution in [2.24, 2.45) is 5.92 Å². The second-order valence-electron chi connectivity index (χ2n) is 4.56. The van der Waals surface area contributed by atoms with E-state index in [0.29, 0.717) is 12.0 Å². The quantitative estimate of drug-likeness (QED) is 0.774. The molecule has 0 radical (unpaired) electrons. The molecule has 0 aromatic heterocycles. The fraction of sp³-hybridized carbons (Fsp3) is 0.462. The zero-order chi connectivity index (χ0) is 12.3. The lowest BCUT2D eigenvalue weighted by atomic mass is 9.95. The molecular formula is C13H18ClIN2O. The predicted molar refractivity (Wildman–Crippen MR) is 84.3 cm³/mol. The van der Waals surface area contributed by atoms with E-state index in [4.69, 9.17) is 0 Å². The minimum Gasteiger partial charge on any atom is -0.349 e. The summed E-state index contributed by atoms with van der Waals surface area (Å²) >= 11 is 2.24. The molecule has 1 fully saturated rings. The zero-order valence-corrected chi connectivity index (χ0v) is 13.3. The fourth-order valence-corrected chi connectivity index (χ4v) is 2.44. The first kappa shape index (κ1) is 15.7. The number of amides is 1. The molecule has 1 aromatic carbocycles. The van der Waals surface area contributed by atoms with Crippen molar-refractivity contribution in [1.82, 2.24) is 10.6 Å². The van der Waals surface area contributed by atoms with Gasteiger partial charge in [-0.15, -0.1) is 12.4 Å². The van der Waals surface area contributed by atoms with Gasteiger partial charge in [0.1, 0.15) is 0 Å². The van der Waals surface area contributed by atoms with E-state index in [1.54, 1.807) is 0 Å². The Morgan fingerprint density at radius 1 is 1.39 bits per heavy atom. The summed E-state index contributed by atoms with van der Waals surface area (Å²) in [5.41, 5.74) is 0.746. The second kappa shape index (κ2) is 7.31. The molecule has 2 N–H and O–H groups in total. The van der Waals surface area contributed by atoms with Gasteiger partial charge in [-0.3, -0.25) is 4.79 Å². The van der Waals surface area contributed by atoms with E-state index in [0.717, 1.165) is 28.6 Å². The van der Waals surface area contributed by atoms with E-state index in [-0.39, 0.29) is 18.3 Å². The number of nitrogens with one attached hydrogen (secondary N) is 2. The summed E-state index contributed by atoms with van der Waals surface area (Å²) in [4.78, 5) is 12.0. The van der Waals surface area contributed by atoms with Gasteiger partial charge in [-0.25, -0.2) is 0 Å². The van der Waals surface area contributed by atoms with E-state index in [1.807, 2.05) is 24.3 Å². The van der Waals surface area contributed by atoms with Crippen molar-refractivity contribution in [2.75, 3.05) is 13.1 Å². The van der Waals surface area contributed by atoms with Gasteiger partial charge in [-0.2, -0.15) is 0 Å². The van der Waals surface area contributed by atoms with Crippen LogP contribution >= 0.6 is 35.0 Å². The maximum atomic E-state index is 12.0. The Balaban J connectivity index is 0.00000162. The number of piperidine rings is 1. The first-order chi connectivity index (χ1) is 8.16. The predicted octanol–water partition coefficient (Wildman–Crippen LogP) is 2.44. The highest BCUT2D eigenvalue weighted by atomic mass is 127. The lowest BCUT2D eigenvalue weighted by molar-refractivity contribution is 0.0914.